The number of rotatable bonds is 4. The topological polar surface area (TPSA) is 38.3 Å². The zero-order valence-corrected chi connectivity index (χ0v) is 10.4. The molecule has 0 bridgehead atoms. The molecule has 0 unspecified atom stereocenters. The molecule has 0 heterocycles. The first-order valence-corrected chi connectivity index (χ1v) is 7.97. The van der Waals surface area contributed by atoms with E-state index in [1.165, 1.54) is 0 Å². The molecule has 0 saturated carbocycles. The third-order valence-corrected chi connectivity index (χ3v) is 3.80. The summed E-state index contributed by atoms with van der Waals surface area (Å²) in [6.45, 7) is 6.51. The molecule has 15 heavy (non-hydrogen) atoms. The number of amides is 1. The summed E-state index contributed by atoms with van der Waals surface area (Å²) >= 11 is 0. The molecule has 1 aromatic carbocycles. The molecule has 0 atom stereocenters. The summed E-state index contributed by atoms with van der Waals surface area (Å²) in [5.41, 5.74) is 0.678. The third-order valence-electron chi connectivity index (χ3n) is 1.96. The van der Waals surface area contributed by atoms with E-state index >= 15 is 0 Å². The molecule has 0 fully saturated rings. The van der Waals surface area contributed by atoms with Crippen molar-refractivity contribution in [1.82, 2.24) is 4.98 Å². The van der Waals surface area contributed by atoms with Crippen molar-refractivity contribution in [3.63, 3.8) is 0 Å². The van der Waals surface area contributed by atoms with Crippen LogP contribution in [0.4, 0.5) is 0 Å². The van der Waals surface area contributed by atoms with Crippen LogP contribution < -0.4 is 4.98 Å². The van der Waals surface area contributed by atoms with Crippen LogP contribution in [0.15, 0.2) is 30.3 Å². The molecular formula is C11H17NO2Si. The Hall–Kier alpha value is -1.13. The van der Waals surface area contributed by atoms with E-state index in [1.54, 1.807) is 12.1 Å². The quantitative estimate of drug-likeness (QED) is 0.794. The summed E-state index contributed by atoms with van der Waals surface area (Å²) in [5, 5.41) is 0. The monoisotopic (exact) mass is 223 g/mol. The van der Waals surface area contributed by atoms with Crippen molar-refractivity contribution in [2.75, 3.05) is 6.61 Å². The molecule has 1 amide bonds. The Morgan fingerprint density at radius 3 is 2.47 bits per heavy atom. The molecule has 0 aliphatic heterocycles. The summed E-state index contributed by atoms with van der Waals surface area (Å²) in [6.07, 6.45) is 0. The highest BCUT2D eigenvalue weighted by Gasteiger charge is 2.25. The Balaban J connectivity index is 2.64. The molecule has 1 N–H and O–H groups in total. The Bertz CT molecular complexity index is 325. The van der Waals surface area contributed by atoms with Gasteiger partial charge in [-0.3, -0.25) is 4.79 Å². The van der Waals surface area contributed by atoms with Crippen LogP contribution in [0, 0.1) is 0 Å². The van der Waals surface area contributed by atoms with Crippen LogP contribution in [-0.4, -0.2) is 21.0 Å². The van der Waals surface area contributed by atoms with Gasteiger partial charge in [-0.1, -0.05) is 18.2 Å². The summed E-state index contributed by atoms with van der Waals surface area (Å²) in [4.78, 5) is 14.7. The standard InChI is InChI=1S/C11H17NO2Si/c1-4-14-15(2,3)12-11(13)10-8-6-5-7-9-10/h5-9H,4H2,1-3H3,(H,12,13). The molecule has 82 valence electrons. The minimum absolute atomic E-state index is 0.0549. The SMILES string of the molecule is CCO[Si](C)(C)NC(=O)c1ccccc1. The van der Waals surface area contributed by atoms with Crippen LogP contribution in [0.1, 0.15) is 17.3 Å². The minimum Gasteiger partial charge on any atom is -0.399 e. The van der Waals surface area contributed by atoms with Crippen molar-refractivity contribution in [2.24, 2.45) is 0 Å². The van der Waals surface area contributed by atoms with Gasteiger partial charge in [-0.15, -0.1) is 0 Å². The molecule has 3 nitrogen and oxygen atoms in total. The summed E-state index contributed by atoms with van der Waals surface area (Å²) < 4.78 is 5.53. The van der Waals surface area contributed by atoms with Gasteiger partial charge in [0.15, 0.2) is 0 Å². The van der Waals surface area contributed by atoms with E-state index < -0.39 is 8.48 Å². The van der Waals surface area contributed by atoms with Crippen molar-refractivity contribution in [2.45, 2.75) is 20.0 Å². The predicted octanol–water partition coefficient (Wildman–Crippen LogP) is 2.15. The van der Waals surface area contributed by atoms with E-state index in [0.29, 0.717) is 12.2 Å². The fourth-order valence-electron chi connectivity index (χ4n) is 1.33. The highest BCUT2D eigenvalue weighted by Crippen LogP contribution is 2.03. The maximum Gasteiger partial charge on any atom is 0.294 e. The molecule has 0 saturated heterocycles. The molecule has 1 aromatic rings. The second kappa shape index (κ2) is 5.09. The molecule has 0 radical (unpaired) electrons. The molecule has 0 aromatic heterocycles. The maximum absolute atomic E-state index is 11.8. The smallest absolute Gasteiger partial charge is 0.294 e. The van der Waals surface area contributed by atoms with E-state index in [4.69, 9.17) is 4.43 Å². The van der Waals surface area contributed by atoms with Gasteiger partial charge in [0.2, 0.25) is 5.91 Å². The van der Waals surface area contributed by atoms with Crippen LogP contribution >= 0.6 is 0 Å². The molecule has 0 aliphatic rings. The predicted molar refractivity (Wildman–Crippen MR) is 63.0 cm³/mol. The highest BCUT2D eigenvalue weighted by atomic mass is 28.4. The van der Waals surface area contributed by atoms with E-state index in [2.05, 4.69) is 4.98 Å². The average Bonchev–Trinajstić information content (AvgIpc) is 2.18. The number of hydrogen-bond acceptors (Lipinski definition) is 2. The van der Waals surface area contributed by atoms with Crippen LogP contribution in [0.5, 0.6) is 0 Å². The number of carbonyl (C=O) groups is 1. The highest BCUT2D eigenvalue weighted by molar-refractivity contribution is 6.71. The van der Waals surface area contributed by atoms with Gasteiger partial charge in [-0.25, -0.2) is 0 Å². The third kappa shape index (κ3) is 3.85. The number of carbonyl (C=O) groups excluding carboxylic acids is 1. The first-order chi connectivity index (χ1) is 7.05. The van der Waals surface area contributed by atoms with Crippen molar-refractivity contribution >= 4 is 14.4 Å². The first-order valence-electron chi connectivity index (χ1n) is 5.06. The summed E-state index contributed by atoms with van der Waals surface area (Å²) in [5.74, 6) is -0.0549. The molecular weight excluding hydrogens is 206 g/mol. The molecule has 1 rings (SSSR count). The second-order valence-electron chi connectivity index (χ2n) is 3.76. The van der Waals surface area contributed by atoms with Crippen molar-refractivity contribution in [1.29, 1.82) is 0 Å². The van der Waals surface area contributed by atoms with Gasteiger partial charge in [-0.2, -0.15) is 0 Å². The van der Waals surface area contributed by atoms with E-state index in [-0.39, 0.29) is 5.91 Å². The number of hydrogen-bond donors (Lipinski definition) is 1. The average molecular weight is 223 g/mol. The molecule has 4 heteroatoms. The maximum atomic E-state index is 11.8. The van der Waals surface area contributed by atoms with Gasteiger partial charge >= 0.3 is 0 Å². The van der Waals surface area contributed by atoms with Crippen LogP contribution in [0.3, 0.4) is 0 Å². The Morgan fingerprint density at radius 1 is 1.33 bits per heavy atom. The molecule has 0 aliphatic carbocycles. The van der Waals surface area contributed by atoms with Crippen molar-refractivity contribution < 1.29 is 9.22 Å². The van der Waals surface area contributed by atoms with Crippen LogP contribution in [0.25, 0.3) is 0 Å². The van der Waals surface area contributed by atoms with Crippen molar-refractivity contribution in [3.05, 3.63) is 35.9 Å². The van der Waals surface area contributed by atoms with E-state index in [0.717, 1.165) is 0 Å². The first kappa shape index (κ1) is 11.9. The lowest BCUT2D eigenvalue weighted by molar-refractivity contribution is 0.0969. The van der Waals surface area contributed by atoms with E-state index in [9.17, 15) is 4.79 Å². The number of nitrogens with one attached hydrogen (secondary N) is 1. The summed E-state index contributed by atoms with van der Waals surface area (Å²) in [6, 6.07) is 9.19. The Kier molecular flexibility index (Phi) is 4.05. The largest absolute Gasteiger partial charge is 0.399 e. The summed E-state index contributed by atoms with van der Waals surface area (Å²) in [7, 11) is -2.05. The minimum atomic E-state index is -2.05. The fraction of sp³-hybridized carbons (Fsp3) is 0.364. The van der Waals surface area contributed by atoms with Crippen molar-refractivity contribution in [3.8, 4) is 0 Å². The van der Waals surface area contributed by atoms with E-state index in [1.807, 2.05) is 38.2 Å². The van der Waals surface area contributed by atoms with Gasteiger partial charge in [0, 0.05) is 12.2 Å². The second-order valence-corrected chi connectivity index (χ2v) is 7.32. The normalized spacial score (nSPS) is 11.1. The lowest BCUT2D eigenvalue weighted by atomic mass is 10.2. The van der Waals surface area contributed by atoms with Gasteiger partial charge in [-0.05, 0) is 32.2 Å². The van der Waals surface area contributed by atoms with Gasteiger partial charge in [0.05, 0.1) is 0 Å². The fourth-order valence-corrected chi connectivity index (χ4v) is 2.82. The van der Waals surface area contributed by atoms with Gasteiger partial charge in [0.1, 0.15) is 0 Å². The zero-order chi connectivity index (χ0) is 11.3. The molecule has 0 spiro atoms. The van der Waals surface area contributed by atoms with Gasteiger partial charge in [0.25, 0.3) is 8.48 Å². The Morgan fingerprint density at radius 2 is 1.93 bits per heavy atom. The number of benzene rings is 1. The van der Waals surface area contributed by atoms with Crippen LogP contribution in [0.2, 0.25) is 13.1 Å². The Labute approximate surface area is 91.7 Å². The van der Waals surface area contributed by atoms with Crippen LogP contribution in [-0.2, 0) is 4.43 Å². The van der Waals surface area contributed by atoms with Gasteiger partial charge < -0.3 is 9.41 Å². The lowest BCUT2D eigenvalue weighted by Crippen LogP contribution is -2.50. The zero-order valence-electron chi connectivity index (χ0n) is 9.41. The lowest BCUT2D eigenvalue weighted by Gasteiger charge is -2.22.